The fourth-order valence-corrected chi connectivity index (χ4v) is 4.09. The predicted molar refractivity (Wildman–Crippen MR) is 114 cm³/mol. The van der Waals surface area contributed by atoms with E-state index in [0.29, 0.717) is 18.3 Å². The van der Waals surface area contributed by atoms with Crippen molar-refractivity contribution in [3.8, 4) is 22.6 Å². The first kappa shape index (κ1) is 17.8. The average molecular weight is 388 g/mol. The lowest BCUT2D eigenvalue weighted by Gasteiger charge is -2.35. The third kappa shape index (κ3) is 3.36. The van der Waals surface area contributed by atoms with Gasteiger partial charge < -0.3 is 24.8 Å². The van der Waals surface area contributed by atoms with Gasteiger partial charge in [-0.3, -0.25) is 4.79 Å². The summed E-state index contributed by atoms with van der Waals surface area (Å²) in [7, 11) is 2.13. The maximum absolute atomic E-state index is 12.6. The van der Waals surface area contributed by atoms with Gasteiger partial charge in [0.1, 0.15) is 11.4 Å². The molecule has 2 aliphatic rings. The Morgan fingerprint density at radius 3 is 2.52 bits per heavy atom. The lowest BCUT2D eigenvalue weighted by molar-refractivity contribution is 0.0858. The highest BCUT2D eigenvalue weighted by Crippen LogP contribution is 2.36. The van der Waals surface area contributed by atoms with Crippen LogP contribution >= 0.6 is 0 Å². The maximum atomic E-state index is 12.6. The van der Waals surface area contributed by atoms with E-state index in [1.807, 2.05) is 53.2 Å². The lowest BCUT2D eigenvalue weighted by Crippen LogP contribution is -2.46. The highest BCUT2D eigenvalue weighted by Gasteiger charge is 2.26. The van der Waals surface area contributed by atoms with Crippen LogP contribution in [0.3, 0.4) is 0 Å². The van der Waals surface area contributed by atoms with Gasteiger partial charge in [-0.1, -0.05) is 30.3 Å². The normalized spacial score (nSPS) is 16.5. The van der Waals surface area contributed by atoms with Crippen LogP contribution < -0.4 is 15.4 Å². The van der Waals surface area contributed by atoms with Gasteiger partial charge in [0, 0.05) is 36.5 Å². The summed E-state index contributed by atoms with van der Waals surface area (Å²) < 4.78 is 7.89. The molecule has 5 rings (SSSR count). The van der Waals surface area contributed by atoms with Gasteiger partial charge in [0.05, 0.1) is 19.0 Å². The van der Waals surface area contributed by atoms with Crippen LogP contribution in [0.15, 0.2) is 60.8 Å². The van der Waals surface area contributed by atoms with Crippen molar-refractivity contribution < 1.29 is 9.53 Å². The van der Waals surface area contributed by atoms with Gasteiger partial charge in [0.15, 0.2) is 0 Å². The molecule has 0 unspecified atom stereocenters. The maximum Gasteiger partial charge on any atom is 0.271 e. The Kier molecular flexibility index (Phi) is 4.48. The molecule has 1 aromatic heterocycles. The molecule has 1 fully saturated rings. The largest absolute Gasteiger partial charge is 0.493 e. The number of fused-ring (bicyclic) bond motifs is 1. The van der Waals surface area contributed by atoms with Crippen molar-refractivity contribution in [2.75, 3.05) is 38.7 Å². The molecule has 0 atom stereocenters. The molecule has 2 N–H and O–H groups in total. The van der Waals surface area contributed by atoms with Crippen molar-refractivity contribution in [3.63, 3.8) is 0 Å². The molecule has 3 aromatic rings. The van der Waals surface area contributed by atoms with Crippen LogP contribution in [0, 0.1) is 5.92 Å². The van der Waals surface area contributed by atoms with Crippen LogP contribution in [0.5, 0.6) is 5.75 Å². The zero-order chi connectivity index (χ0) is 19.8. The number of nitrogens with one attached hydrogen (secondary N) is 2. The number of anilines is 1. The van der Waals surface area contributed by atoms with Crippen molar-refractivity contribution in [2.24, 2.45) is 5.92 Å². The van der Waals surface area contributed by atoms with E-state index < -0.39 is 0 Å². The lowest BCUT2D eigenvalue weighted by atomic mass is 10.0. The summed E-state index contributed by atoms with van der Waals surface area (Å²) in [5, 5.41) is 6.21. The standard InChI is InChI=1S/C23H24N4O2/c1-26-11-16(12-26)14-29-19-9-7-17(8-10-19)20-13-27(18-5-3-2-4-6-18)22-21(20)24-15-25-23(22)28/h2-10,13,16,24H,11-12,14-15H2,1H3,(H,25,28). The van der Waals surface area contributed by atoms with Crippen LogP contribution in [-0.4, -0.2) is 48.8 Å². The number of nitrogens with zero attached hydrogens (tertiary/aromatic N) is 2. The number of amides is 1. The van der Waals surface area contributed by atoms with Gasteiger partial charge in [0.2, 0.25) is 0 Å². The number of carbonyl (C=O) groups is 1. The van der Waals surface area contributed by atoms with E-state index in [1.54, 1.807) is 0 Å². The molecule has 0 radical (unpaired) electrons. The third-order valence-electron chi connectivity index (χ3n) is 5.56. The number of hydrogen-bond donors (Lipinski definition) is 2. The molecule has 0 aliphatic carbocycles. The quantitative estimate of drug-likeness (QED) is 0.705. The van der Waals surface area contributed by atoms with Crippen molar-refractivity contribution in [3.05, 3.63) is 66.5 Å². The number of likely N-dealkylation sites (tertiary alicyclic amines) is 1. The molecule has 29 heavy (non-hydrogen) atoms. The van der Waals surface area contributed by atoms with Crippen LogP contribution in [0.2, 0.25) is 0 Å². The molecule has 0 bridgehead atoms. The van der Waals surface area contributed by atoms with Crippen LogP contribution in [0.25, 0.3) is 16.8 Å². The molecule has 148 valence electrons. The van der Waals surface area contributed by atoms with E-state index in [4.69, 9.17) is 4.74 Å². The van der Waals surface area contributed by atoms with Gasteiger partial charge in [-0.2, -0.15) is 0 Å². The van der Waals surface area contributed by atoms with Crippen LogP contribution in [0.1, 0.15) is 10.5 Å². The minimum atomic E-state index is -0.0701. The summed E-state index contributed by atoms with van der Waals surface area (Å²) in [5.41, 5.74) is 4.51. The first-order chi connectivity index (χ1) is 14.2. The van der Waals surface area contributed by atoms with Gasteiger partial charge in [0.25, 0.3) is 5.91 Å². The van der Waals surface area contributed by atoms with Crippen molar-refractivity contribution in [1.82, 2.24) is 14.8 Å². The second kappa shape index (κ2) is 7.29. The molecular weight excluding hydrogens is 364 g/mol. The Morgan fingerprint density at radius 1 is 1.03 bits per heavy atom. The van der Waals surface area contributed by atoms with Crippen molar-refractivity contribution >= 4 is 11.6 Å². The predicted octanol–water partition coefficient (Wildman–Crippen LogP) is 3.20. The number of rotatable bonds is 5. The molecule has 3 heterocycles. The number of aromatic nitrogens is 1. The topological polar surface area (TPSA) is 58.5 Å². The molecule has 6 heteroatoms. The third-order valence-corrected chi connectivity index (χ3v) is 5.56. The zero-order valence-electron chi connectivity index (χ0n) is 16.4. The van der Waals surface area contributed by atoms with E-state index in [-0.39, 0.29) is 5.91 Å². The van der Waals surface area contributed by atoms with E-state index in [1.165, 1.54) is 0 Å². The zero-order valence-corrected chi connectivity index (χ0v) is 16.4. The Balaban J connectivity index is 1.44. The molecule has 6 nitrogen and oxygen atoms in total. The Bertz CT molecular complexity index is 1020. The number of ether oxygens (including phenoxy) is 1. The summed E-state index contributed by atoms with van der Waals surface area (Å²) in [6.45, 7) is 3.38. The monoisotopic (exact) mass is 388 g/mol. The number of para-hydroxylation sites is 1. The molecule has 1 amide bonds. The molecule has 2 aromatic carbocycles. The molecule has 1 saturated heterocycles. The highest BCUT2D eigenvalue weighted by atomic mass is 16.5. The molecule has 2 aliphatic heterocycles. The van der Waals surface area contributed by atoms with Crippen molar-refractivity contribution in [2.45, 2.75) is 0 Å². The second-order valence-electron chi connectivity index (χ2n) is 7.75. The minimum absolute atomic E-state index is 0.0701. The van der Waals surface area contributed by atoms with Gasteiger partial charge >= 0.3 is 0 Å². The van der Waals surface area contributed by atoms with E-state index >= 15 is 0 Å². The molecular formula is C23H24N4O2. The fourth-order valence-electron chi connectivity index (χ4n) is 4.09. The summed E-state index contributed by atoms with van der Waals surface area (Å²) in [4.78, 5) is 14.9. The van der Waals surface area contributed by atoms with E-state index in [2.05, 4.69) is 34.7 Å². The number of benzene rings is 2. The van der Waals surface area contributed by atoms with E-state index in [9.17, 15) is 4.79 Å². The molecule has 0 spiro atoms. The Hall–Kier alpha value is -3.25. The summed E-state index contributed by atoms with van der Waals surface area (Å²) >= 11 is 0. The summed E-state index contributed by atoms with van der Waals surface area (Å²) in [6, 6.07) is 18.0. The van der Waals surface area contributed by atoms with Crippen molar-refractivity contribution in [1.29, 1.82) is 0 Å². The second-order valence-corrected chi connectivity index (χ2v) is 7.75. The first-order valence-electron chi connectivity index (χ1n) is 9.93. The average Bonchev–Trinajstić information content (AvgIpc) is 3.12. The smallest absolute Gasteiger partial charge is 0.271 e. The first-order valence-corrected chi connectivity index (χ1v) is 9.93. The van der Waals surface area contributed by atoms with E-state index in [0.717, 1.165) is 47.9 Å². The van der Waals surface area contributed by atoms with Gasteiger partial charge in [-0.05, 0) is 36.9 Å². The number of carbonyl (C=O) groups excluding carboxylic acids is 1. The Morgan fingerprint density at radius 2 is 1.79 bits per heavy atom. The number of hydrogen-bond acceptors (Lipinski definition) is 4. The minimum Gasteiger partial charge on any atom is -0.493 e. The summed E-state index contributed by atoms with van der Waals surface area (Å²) in [5.74, 6) is 1.43. The highest BCUT2D eigenvalue weighted by molar-refractivity contribution is 6.04. The van der Waals surface area contributed by atoms with Crippen LogP contribution in [-0.2, 0) is 0 Å². The van der Waals surface area contributed by atoms with Gasteiger partial charge in [-0.25, -0.2) is 0 Å². The molecule has 0 saturated carbocycles. The Labute approximate surface area is 170 Å². The SMILES string of the molecule is CN1CC(COc2ccc(-c3cn(-c4ccccc4)c4c3NCNC4=O)cc2)C1. The van der Waals surface area contributed by atoms with Gasteiger partial charge in [-0.15, -0.1) is 0 Å². The summed E-state index contributed by atoms with van der Waals surface area (Å²) in [6.07, 6.45) is 2.03. The fraction of sp³-hybridized carbons (Fsp3) is 0.261. The van der Waals surface area contributed by atoms with Crippen LogP contribution in [0.4, 0.5) is 5.69 Å².